The maximum atomic E-state index is 9.99. The number of pyridine rings is 1. The van der Waals surface area contributed by atoms with E-state index < -0.39 is 5.41 Å². The van der Waals surface area contributed by atoms with Crippen LogP contribution in [0.5, 0.6) is 0 Å². The molecule has 5 rings (SSSR count). The Hall–Kier alpha value is -3.54. The number of fused-ring (bicyclic) bond motifs is 1. The molecule has 1 fully saturated rings. The normalized spacial score (nSPS) is 20.2. The summed E-state index contributed by atoms with van der Waals surface area (Å²) in [7, 11) is 2.17. The molecular weight excluding hydrogens is 438 g/mol. The molecule has 8 heteroatoms. The first-order valence-electron chi connectivity index (χ1n) is 12.1. The summed E-state index contributed by atoms with van der Waals surface area (Å²) in [5.41, 5.74) is 6.43. The molecule has 2 aliphatic heterocycles. The molecule has 1 saturated heterocycles. The zero-order valence-corrected chi connectivity index (χ0v) is 20.5. The van der Waals surface area contributed by atoms with E-state index in [9.17, 15) is 10.4 Å². The lowest BCUT2D eigenvalue weighted by Gasteiger charge is -2.29. The summed E-state index contributed by atoms with van der Waals surface area (Å²) in [5.74, 6) is 0.993. The largest absolute Gasteiger partial charge is 0.395 e. The van der Waals surface area contributed by atoms with E-state index in [-0.39, 0.29) is 6.61 Å². The van der Waals surface area contributed by atoms with Crippen LogP contribution in [0.25, 0.3) is 11.3 Å². The molecule has 1 atom stereocenters. The van der Waals surface area contributed by atoms with E-state index in [0.29, 0.717) is 29.7 Å². The summed E-state index contributed by atoms with van der Waals surface area (Å²) in [6.45, 7) is 6.76. The Kier molecular flexibility index (Phi) is 6.13. The molecule has 0 radical (unpaired) electrons. The molecule has 4 heterocycles. The van der Waals surface area contributed by atoms with Gasteiger partial charge in [0.25, 0.3) is 0 Å². The maximum Gasteiger partial charge on any atom is 0.227 e. The molecule has 8 nitrogen and oxygen atoms in total. The van der Waals surface area contributed by atoms with E-state index in [1.165, 1.54) is 5.56 Å². The number of anilines is 3. The molecule has 35 heavy (non-hydrogen) atoms. The molecule has 3 N–H and O–H groups in total. The van der Waals surface area contributed by atoms with E-state index in [0.717, 1.165) is 54.1 Å². The number of aromatic nitrogens is 3. The maximum absolute atomic E-state index is 9.99. The third-order valence-electron chi connectivity index (χ3n) is 7.41. The van der Waals surface area contributed by atoms with Crippen LogP contribution in [-0.2, 0) is 5.41 Å². The number of rotatable bonds is 5. The Balaban J connectivity index is 1.45. The molecule has 0 spiro atoms. The molecule has 1 aromatic carbocycles. The number of nitrogens with zero attached hydrogens (tertiary/aromatic N) is 5. The highest BCUT2D eigenvalue weighted by Gasteiger charge is 2.36. The van der Waals surface area contributed by atoms with Crippen LogP contribution >= 0.6 is 0 Å². The van der Waals surface area contributed by atoms with Crippen molar-refractivity contribution in [2.75, 3.05) is 43.9 Å². The predicted molar refractivity (Wildman–Crippen MR) is 137 cm³/mol. The van der Waals surface area contributed by atoms with Crippen LogP contribution in [0, 0.1) is 18.3 Å². The van der Waals surface area contributed by atoms with E-state index in [2.05, 4.69) is 44.7 Å². The number of nitriles is 1. The summed E-state index contributed by atoms with van der Waals surface area (Å²) in [6, 6.07) is 10.2. The van der Waals surface area contributed by atoms with Gasteiger partial charge in [-0.1, -0.05) is 6.92 Å². The van der Waals surface area contributed by atoms with Crippen LogP contribution in [0.15, 0.2) is 36.7 Å². The summed E-state index contributed by atoms with van der Waals surface area (Å²) in [6.07, 6.45) is 5.98. The fourth-order valence-corrected chi connectivity index (χ4v) is 5.01. The number of aryl methyl sites for hydroxylation is 1. The van der Waals surface area contributed by atoms with Gasteiger partial charge in [-0.2, -0.15) is 5.26 Å². The monoisotopic (exact) mass is 469 g/mol. The highest BCUT2D eigenvalue weighted by atomic mass is 16.3. The average molecular weight is 470 g/mol. The van der Waals surface area contributed by atoms with Crippen molar-refractivity contribution in [3.8, 4) is 17.3 Å². The van der Waals surface area contributed by atoms with E-state index >= 15 is 0 Å². The molecule has 0 unspecified atom stereocenters. The third kappa shape index (κ3) is 4.45. The van der Waals surface area contributed by atoms with Crippen LogP contribution in [0.4, 0.5) is 17.3 Å². The lowest BCUT2D eigenvalue weighted by atomic mass is 9.83. The fraction of sp³-hybridized carbons (Fsp3) is 0.407. The third-order valence-corrected chi connectivity index (χ3v) is 7.41. The van der Waals surface area contributed by atoms with E-state index in [1.54, 1.807) is 6.20 Å². The van der Waals surface area contributed by atoms with Crippen molar-refractivity contribution in [2.24, 2.45) is 0 Å². The molecule has 0 saturated carbocycles. The first-order chi connectivity index (χ1) is 16.9. The van der Waals surface area contributed by atoms with Gasteiger partial charge in [0.1, 0.15) is 6.07 Å². The Morgan fingerprint density at radius 2 is 2.06 bits per heavy atom. The second kappa shape index (κ2) is 9.25. The van der Waals surface area contributed by atoms with Gasteiger partial charge in [-0.15, -0.1) is 0 Å². The number of likely N-dealkylation sites (tertiary alicyclic amines) is 1. The zero-order chi connectivity index (χ0) is 24.6. The Morgan fingerprint density at radius 1 is 1.26 bits per heavy atom. The summed E-state index contributed by atoms with van der Waals surface area (Å²) in [4.78, 5) is 16.2. The highest BCUT2D eigenvalue weighted by Crippen LogP contribution is 2.41. The molecule has 2 aliphatic rings. The van der Waals surface area contributed by atoms with Gasteiger partial charge in [-0.3, -0.25) is 4.98 Å². The topological polar surface area (TPSA) is 110 Å². The quantitative estimate of drug-likeness (QED) is 0.515. The van der Waals surface area contributed by atoms with Gasteiger partial charge in [0.05, 0.1) is 34.9 Å². The standard InChI is InChI=1S/C27H31N7O/c1-17-24(12-21(14-30-17)18-5-8-34(3)9-6-18)33-26-29-7-4-23(32-26)19-10-20(13-28)25-22(11-19)27(2,16-35)15-31-25/h4,7,10-12,14,18,31,35H,5-6,8-9,15-16H2,1-3H3,(H,29,32,33)/t27-/m1/s1. The Bertz CT molecular complexity index is 1290. The minimum Gasteiger partial charge on any atom is -0.395 e. The molecule has 0 bridgehead atoms. The van der Waals surface area contributed by atoms with Gasteiger partial charge in [-0.25, -0.2) is 9.97 Å². The highest BCUT2D eigenvalue weighted by molar-refractivity contribution is 5.76. The van der Waals surface area contributed by atoms with Crippen LogP contribution in [0.2, 0.25) is 0 Å². The summed E-state index contributed by atoms with van der Waals surface area (Å²) >= 11 is 0. The Labute approximate surface area is 206 Å². The van der Waals surface area contributed by atoms with Crippen LogP contribution in [0.3, 0.4) is 0 Å². The van der Waals surface area contributed by atoms with E-state index in [1.807, 2.05) is 38.2 Å². The van der Waals surface area contributed by atoms with Crippen molar-refractivity contribution in [2.45, 2.75) is 38.0 Å². The number of aliphatic hydroxyl groups excluding tert-OH is 1. The van der Waals surface area contributed by atoms with Gasteiger partial charge in [-0.05, 0) is 81.2 Å². The van der Waals surface area contributed by atoms with Crippen molar-refractivity contribution < 1.29 is 5.11 Å². The van der Waals surface area contributed by atoms with E-state index in [4.69, 9.17) is 4.98 Å². The number of hydrogen-bond donors (Lipinski definition) is 3. The first-order valence-corrected chi connectivity index (χ1v) is 12.1. The minimum atomic E-state index is -0.442. The van der Waals surface area contributed by atoms with Gasteiger partial charge in [0.15, 0.2) is 0 Å². The number of aliphatic hydroxyl groups is 1. The zero-order valence-electron chi connectivity index (χ0n) is 20.5. The summed E-state index contributed by atoms with van der Waals surface area (Å²) in [5, 5.41) is 26.4. The SMILES string of the molecule is Cc1ncc(C2CCN(C)CC2)cc1Nc1nccc(-c2cc(C#N)c3c(c2)[C@@](C)(CO)CN3)n1. The molecule has 180 valence electrons. The van der Waals surface area contributed by atoms with Crippen molar-refractivity contribution in [1.29, 1.82) is 5.26 Å². The number of piperidine rings is 1. The summed E-state index contributed by atoms with van der Waals surface area (Å²) < 4.78 is 0. The molecule has 0 aliphatic carbocycles. The molecule has 2 aromatic heterocycles. The number of hydrogen-bond acceptors (Lipinski definition) is 8. The van der Waals surface area contributed by atoms with Gasteiger partial charge in [0.2, 0.25) is 5.95 Å². The smallest absolute Gasteiger partial charge is 0.227 e. The van der Waals surface area contributed by atoms with Crippen LogP contribution < -0.4 is 10.6 Å². The number of benzene rings is 1. The van der Waals surface area contributed by atoms with Crippen molar-refractivity contribution in [1.82, 2.24) is 19.9 Å². The number of nitrogens with one attached hydrogen (secondary N) is 2. The lowest BCUT2D eigenvalue weighted by Crippen LogP contribution is -2.29. The van der Waals surface area contributed by atoms with Crippen LogP contribution in [0.1, 0.15) is 48.1 Å². The molecular formula is C27H31N7O. The first kappa shape index (κ1) is 23.2. The van der Waals surface area contributed by atoms with Crippen molar-refractivity contribution >= 4 is 17.3 Å². The van der Waals surface area contributed by atoms with Gasteiger partial charge >= 0.3 is 0 Å². The van der Waals surface area contributed by atoms with Crippen molar-refractivity contribution in [3.05, 3.63) is 59.0 Å². The second-order valence-electron chi connectivity index (χ2n) is 10.0. The second-order valence-corrected chi connectivity index (χ2v) is 10.0. The average Bonchev–Trinajstić information content (AvgIpc) is 3.22. The minimum absolute atomic E-state index is 0.00218. The molecule has 3 aromatic rings. The lowest BCUT2D eigenvalue weighted by molar-refractivity contribution is 0.219. The van der Waals surface area contributed by atoms with Gasteiger partial charge in [0, 0.05) is 29.9 Å². The van der Waals surface area contributed by atoms with Crippen LogP contribution in [-0.4, -0.2) is 58.2 Å². The fourth-order valence-electron chi connectivity index (χ4n) is 5.01. The predicted octanol–water partition coefficient (Wildman–Crippen LogP) is 3.95. The molecule has 0 amide bonds. The Morgan fingerprint density at radius 3 is 2.80 bits per heavy atom. The van der Waals surface area contributed by atoms with Crippen molar-refractivity contribution in [3.63, 3.8) is 0 Å². The van der Waals surface area contributed by atoms with Gasteiger partial charge < -0.3 is 20.6 Å².